The zero-order valence-electron chi connectivity index (χ0n) is 12.4. The third-order valence-electron chi connectivity index (χ3n) is 4.76. The van der Waals surface area contributed by atoms with Crippen LogP contribution in [0, 0.1) is 18.2 Å². The van der Waals surface area contributed by atoms with E-state index in [1.165, 1.54) is 6.07 Å². The third kappa shape index (κ3) is 2.42. The first-order chi connectivity index (χ1) is 10.4. The van der Waals surface area contributed by atoms with Crippen LogP contribution in [-0.4, -0.2) is 29.6 Å². The molecule has 0 saturated heterocycles. The van der Waals surface area contributed by atoms with E-state index in [0.29, 0.717) is 24.1 Å². The summed E-state index contributed by atoms with van der Waals surface area (Å²) in [5.41, 5.74) is 1.14. The molecule has 1 fully saturated rings. The van der Waals surface area contributed by atoms with Crippen molar-refractivity contribution in [3.63, 3.8) is 0 Å². The maximum atomic E-state index is 13.9. The predicted molar refractivity (Wildman–Crippen MR) is 79.2 cm³/mol. The van der Waals surface area contributed by atoms with Gasteiger partial charge in [0.1, 0.15) is 11.9 Å². The summed E-state index contributed by atoms with van der Waals surface area (Å²) in [5, 5.41) is 15.0. The number of rotatable bonds is 4. The zero-order valence-corrected chi connectivity index (χ0v) is 12.4. The fraction of sp³-hybridized carbons (Fsp3) is 0.500. The normalized spacial score (nSPS) is 21.5. The number of fused-ring (bicyclic) bond motifs is 1. The fourth-order valence-corrected chi connectivity index (χ4v) is 3.16. The lowest BCUT2D eigenvalue weighted by Gasteiger charge is -2.37. The highest BCUT2D eigenvalue weighted by atomic mass is 19.1. The molecule has 1 aromatic rings. The standard InChI is InChI=1S/C16H19FN2O3/c1-9-5-11(17)10-7-13(19-12(10)6-9)14(20)18-8-16(15(21)22)3-2-4-16/h5-6,13,19H,2-4,7-8H2,1H3,(H,18,20)(H,21,22). The van der Waals surface area contributed by atoms with Crippen molar-refractivity contribution in [1.29, 1.82) is 0 Å². The van der Waals surface area contributed by atoms with Crippen molar-refractivity contribution in [1.82, 2.24) is 5.32 Å². The molecule has 1 aromatic carbocycles. The Hall–Kier alpha value is -2.11. The number of halogens is 1. The Bertz CT molecular complexity index is 641. The van der Waals surface area contributed by atoms with Crippen molar-refractivity contribution < 1.29 is 19.1 Å². The highest BCUT2D eigenvalue weighted by Crippen LogP contribution is 2.40. The van der Waals surface area contributed by atoms with Crippen molar-refractivity contribution in [2.75, 3.05) is 11.9 Å². The monoisotopic (exact) mass is 306 g/mol. The lowest BCUT2D eigenvalue weighted by molar-refractivity contribution is -0.154. The van der Waals surface area contributed by atoms with E-state index in [9.17, 15) is 19.1 Å². The van der Waals surface area contributed by atoms with Crippen LogP contribution in [0.5, 0.6) is 0 Å². The van der Waals surface area contributed by atoms with E-state index in [4.69, 9.17) is 0 Å². The molecule has 0 spiro atoms. The van der Waals surface area contributed by atoms with Crippen molar-refractivity contribution in [3.8, 4) is 0 Å². The van der Waals surface area contributed by atoms with E-state index in [-0.39, 0.29) is 24.7 Å². The molecule has 1 atom stereocenters. The Morgan fingerprint density at radius 2 is 2.18 bits per heavy atom. The number of aliphatic carboxylic acids is 1. The Balaban J connectivity index is 1.63. The van der Waals surface area contributed by atoms with Crippen LogP contribution in [0.4, 0.5) is 10.1 Å². The first-order valence-corrected chi connectivity index (χ1v) is 7.48. The Morgan fingerprint density at radius 1 is 1.45 bits per heavy atom. The number of benzene rings is 1. The first-order valence-electron chi connectivity index (χ1n) is 7.48. The smallest absolute Gasteiger partial charge is 0.311 e. The molecule has 3 rings (SSSR count). The van der Waals surface area contributed by atoms with Crippen LogP contribution in [0.25, 0.3) is 0 Å². The van der Waals surface area contributed by atoms with Gasteiger partial charge in [0, 0.05) is 24.2 Å². The molecule has 0 aromatic heterocycles. The Morgan fingerprint density at radius 3 is 2.77 bits per heavy atom. The number of amides is 1. The molecule has 1 heterocycles. The summed E-state index contributed by atoms with van der Waals surface area (Å²) in [6.07, 6.45) is 2.34. The molecule has 0 radical (unpaired) electrons. The molecule has 1 saturated carbocycles. The van der Waals surface area contributed by atoms with Gasteiger partial charge >= 0.3 is 5.97 Å². The Kier molecular flexibility index (Phi) is 3.54. The quantitative estimate of drug-likeness (QED) is 0.793. The summed E-state index contributed by atoms with van der Waals surface area (Å²) in [6, 6.07) is 2.72. The zero-order chi connectivity index (χ0) is 15.9. The van der Waals surface area contributed by atoms with E-state index in [2.05, 4.69) is 10.6 Å². The minimum atomic E-state index is -0.858. The van der Waals surface area contributed by atoms with Crippen molar-refractivity contribution >= 4 is 17.6 Å². The van der Waals surface area contributed by atoms with Gasteiger partial charge in [-0.05, 0) is 37.5 Å². The van der Waals surface area contributed by atoms with Crippen LogP contribution < -0.4 is 10.6 Å². The van der Waals surface area contributed by atoms with Crippen molar-refractivity contribution in [3.05, 3.63) is 29.1 Å². The molecule has 5 nitrogen and oxygen atoms in total. The number of hydrogen-bond acceptors (Lipinski definition) is 3. The van der Waals surface area contributed by atoms with Crippen LogP contribution in [-0.2, 0) is 16.0 Å². The second kappa shape index (κ2) is 5.26. The number of aryl methyl sites for hydroxylation is 1. The van der Waals surface area contributed by atoms with Gasteiger partial charge in [-0.15, -0.1) is 0 Å². The van der Waals surface area contributed by atoms with Crippen molar-refractivity contribution in [2.24, 2.45) is 5.41 Å². The molecular formula is C16H19FN2O3. The van der Waals surface area contributed by atoms with Crippen LogP contribution in [0.2, 0.25) is 0 Å². The minimum absolute atomic E-state index is 0.136. The molecule has 22 heavy (non-hydrogen) atoms. The highest BCUT2D eigenvalue weighted by molar-refractivity contribution is 5.88. The van der Waals surface area contributed by atoms with E-state index in [1.807, 2.05) is 6.07 Å². The minimum Gasteiger partial charge on any atom is -0.481 e. The molecule has 3 N–H and O–H groups in total. The molecule has 0 bridgehead atoms. The average Bonchev–Trinajstić information content (AvgIpc) is 2.80. The molecule has 1 aliphatic carbocycles. The lowest BCUT2D eigenvalue weighted by atomic mass is 9.69. The van der Waals surface area contributed by atoms with Gasteiger partial charge in [-0.25, -0.2) is 4.39 Å². The summed E-state index contributed by atoms with van der Waals surface area (Å²) in [7, 11) is 0. The highest BCUT2D eigenvalue weighted by Gasteiger charge is 2.45. The topological polar surface area (TPSA) is 78.4 Å². The molecule has 118 valence electrons. The van der Waals surface area contributed by atoms with Crippen molar-refractivity contribution in [2.45, 2.75) is 38.6 Å². The maximum Gasteiger partial charge on any atom is 0.311 e. The van der Waals surface area contributed by atoms with E-state index in [1.54, 1.807) is 6.92 Å². The van der Waals surface area contributed by atoms with E-state index >= 15 is 0 Å². The van der Waals surface area contributed by atoms with Gasteiger partial charge in [0.15, 0.2) is 0 Å². The summed E-state index contributed by atoms with van der Waals surface area (Å²) < 4.78 is 13.9. The number of carbonyl (C=O) groups excluding carboxylic acids is 1. The summed E-state index contributed by atoms with van der Waals surface area (Å²) in [4.78, 5) is 23.5. The van der Waals surface area contributed by atoms with Gasteiger partial charge in [-0.3, -0.25) is 9.59 Å². The van der Waals surface area contributed by atoms with Crippen LogP contribution in [0.1, 0.15) is 30.4 Å². The van der Waals surface area contributed by atoms with Crippen LogP contribution >= 0.6 is 0 Å². The fourth-order valence-electron chi connectivity index (χ4n) is 3.16. The largest absolute Gasteiger partial charge is 0.481 e. The summed E-state index contributed by atoms with van der Waals surface area (Å²) >= 11 is 0. The van der Waals surface area contributed by atoms with Crippen LogP contribution in [0.3, 0.4) is 0 Å². The second-order valence-electron chi connectivity index (χ2n) is 6.33. The van der Waals surface area contributed by atoms with E-state index in [0.717, 1.165) is 12.0 Å². The number of nitrogens with one attached hydrogen (secondary N) is 2. The molecule has 1 aliphatic heterocycles. The van der Waals surface area contributed by atoms with Crippen LogP contribution in [0.15, 0.2) is 12.1 Å². The molecule has 1 amide bonds. The Labute approximate surface area is 127 Å². The first kappa shape index (κ1) is 14.8. The molecule has 1 unspecified atom stereocenters. The number of carboxylic acid groups (broad SMARTS) is 1. The van der Waals surface area contributed by atoms with Gasteiger partial charge < -0.3 is 15.7 Å². The second-order valence-corrected chi connectivity index (χ2v) is 6.33. The maximum absolute atomic E-state index is 13.9. The van der Waals surface area contributed by atoms with Gasteiger partial charge in [0.05, 0.1) is 5.41 Å². The third-order valence-corrected chi connectivity index (χ3v) is 4.76. The van der Waals surface area contributed by atoms with Gasteiger partial charge in [-0.1, -0.05) is 6.42 Å². The number of carbonyl (C=O) groups is 2. The molecular weight excluding hydrogens is 287 g/mol. The van der Waals surface area contributed by atoms with Gasteiger partial charge in [0.2, 0.25) is 5.91 Å². The predicted octanol–water partition coefficient (Wildman–Crippen LogP) is 1.84. The van der Waals surface area contributed by atoms with Gasteiger partial charge in [0.25, 0.3) is 0 Å². The van der Waals surface area contributed by atoms with Gasteiger partial charge in [-0.2, -0.15) is 0 Å². The number of hydrogen-bond donors (Lipinski definition) is 3. The lowest BCUT2D eigenvalue weighted by Crippen LogP contribution is -2.50. The summed E-state index contributed by atoms with van der Waals surface area (Å²) in [6.45, 7) is 1.93. The summed E-state index contributed by atoms with van der Waals surface area (Å²) in [5.74, 6) is -1.44. The molecule has 2 aliphatic rings. The molecule has 6 heteroatoms. The SMILES string of the molecule is Cc1cc(F)c2c(c1)NC(C(=O)NCC1(C(=O)O)CCC1)C2. The number of carboxylic acids is 1. The average molecular weight is 306 g/mol. The van der Waals surface area contributed by atoms with E-state index < -0.39 is 17.4 Å². The number of anilines is 1.